The molecule has 0 saturated carbocycles. The van der Waals surface area contributed by atoms with Crippen molar-refractivity contribution >= 4 is 15.9 Å². The van der Waals surface area contributed by atoms with Crippen LogP contribution in [-0.4, -0.2) is 23.9 Å². The fourth-order valence-corrected chi connectivity index (χ4v) is 2.67. The zero-order valence-electron chi connectivity index (χ0n) is 10.9. The number of hydrogen-bond donors (Lipinski definition) is 1. The van der Waals surface area contributed by atoms with Gasteiger partial charge in [0.05, 0.1) is 19.3 Å². The topological polar surface area (TPSA) is 39.1 Å². The van der Waals surface area contributed by atoms with E-state index in [0.717, 1.165) is 11.3 Å². The van der Waals surface area contributed by atoms with Crippen molar-refractivity contribution in [3.63, 3.8) is 0 Å². The molecule has 0 fully saturated rings. The average Bonchev–Trinajstić information content (AvgIpc) is 2.74. The van der Waals surface area contributed by atoms with Crippen molar-refractivity contribution in [1.29, 1.82) is 0 Å². The molecule has 1 aromatic heterocycles. The van der Waals surface area contributed by atoms with Crippen LogP contribution in [0.3, 0.4) is 0 Å². The third-order valence-electron chi connectivity index (χ3n) is 3.00. The smallest absolute Gasteiger partial charge is 0.161 e. The van der Waals surface area contributed by atoms with E-state index < -0.39 is 0 Å². The van der Waals surface area contributed by atoms with Gasteiger partial charge in [0.1, 0.15) is 11.5 Å². The van der Waals surface area contributed by atoms with Crippen LogP contribution in [0.5, 0.6) is 5.75 Å². The predicted octanol–water partition coefficient (Wildman–Crippen LogP) is 2.64. The Kier molecular flexibility index (Phi) is 4.21. The van der Waals surface area contributed by atoms with Crippen LogP contribution < -0.4 is 10.1 Å². The molecule has 1 unspecified atom stereocenters. The van der Waals surface area contributed by atoms with Crippen molar-refractivity contribution in [3.8, 4) is 5.75 Å². The highest BCUT2D eigenvalue weighted by Crippen LogP contribution is 2.33. The zero-order valence-corrected chi connectivity index (χ0v) is 12.5. The van der Waals surface area contributed by atoms with E-state index in [9.17, 15) is 4.39 Å². The summed E-state index contributed by atoms with van der Waals surface area (Å²) < 4.78 is 21.0. The Hall–Kier alpha value is -1.40. The SMILES string of the molecule is CNC(c1ccc(F)cc1Br)c1c(OC)cnn1C. The standard InChI is InChI=1S/C13H15BrFN3O/c1-16-12(9-5-4-8(15)6-10(9)14)13-11(19-3)7-17-18(13)2/h4-7,12,16H,1-3H3. The van der Waals surface area contributed by atoms with Crippen LogP contribution in [-0.2, 0) is 7.05 Å². The maximum Gasteiger partial charge on any atom is 0.161 e. The summed E-state index contributed by atoms with van der Waals surface area (Å²) in [7, 11) is 5.29. The normalized spacial score (nSPS) is 12.5. The quantitative estimate of drug-likeness (QED) is 0.938. The summed E-state index contributed by atoms with van der Waals surface area (Å²) in [5, 5.41) is 7.39. The monoisotopic (exact) mass is 327 g/mol. The van der Waals surface area contributed by atoms with Crippen molar-refractivity contribution in [1.82, 2.24) is 15.1 Å². The molecule has 0 spiro atoms. The molecule has 19 heavy (non-hydrogen) atoms. The molecule has 0 aliphatic rings. The molecular weight excluding hydrogens is 313 g/mol. The van der Waals surface area contributed by atoms with Gasteiger partial charge in [-0.3, -0.25) is 4.68 Å². The minimum atomic E-state index is -0.276. The number of nitrogens with one attached hydrogen (secondary N) is 1. The molecule has 102 valence electrons. The van der Waals surface area contributed by atoms with Crippen LogP contribution in [0.4, 0.5) is 4.39 Å². The molecule has 4 nitrogen and oxygen atoms in total. The van der Waals surface area contributed by atoms with E-state index in [1.54, 1.807) is 24.1 Å². The van der Waals surface area contributed by atoms with Gasteiger partial charge in [0.2, 0.25) is 0 Å². The van der Waals surface area contributed by atoms with Gasteiger partial charge in [-0.05, 0) is 24.7 Å². The van der Waals surface area contributed by atoms with Gasteiger partial charge in [-0.25, -0.2) is 4.39 Å². The fourth-order valence-electron chi connectivity index (χ4n) is 2.09. The van der Waals surface area contributed by atoms with Gasteiger partial charge in [-0.15, -0.1) is 0 Å². The van der Waals surface area contributed by atoms with Crippen LogP contribution >= 0.6 is 15.9 Å². The highest BCUT2D eigenvalue weighted by atomic mass is 79.9. The largest absolute Gasteiger partial charge is 0.493 e. The Balaban J connectivity index is 2.52. The minimum absolute atomic E-state index is 0.141. The third kappa shape index (κ3) is 2.64. The summed E-state index contributed by atoms with van der Waals surface area (Å²) in [5.41, 5.74) is 1.81. The van der Waals surface area contributed by atoms with Crippen LogP contribution in [0, 0.1) is 5.82 Å². The molecule has 0 bridgehead atoms. The Bertz CT molecular complexity index is 585. The summed E-state index contributed by atoms with van der Waals surface area (Å²) in [5.74, 6) is 0.417. The average molecular weight is 328 g/mol. The molecule has 1 N–H and O–H groups in total. The molecule has 2 rings (SSSR count). The number of ether oxygens (including phenoxy) is 1. The lowest BCUT2D eigenvalue weighted by atomic mass is 10.0. The maximum absolute atomic E-state index is 13.2. The first kappa shape index (κ1) is 14.0. The lowest BCUT2D eigenvalue weighted by Gasteiger charge is -2.19. The number of hydrogen-bond acceptors (Lipinski definition) is 3. The van der Waals surface area contributed by atoms with Crippen molar-refractivity contribution < 1.29 is 9.13 Å². The summed E-state index contributed by atoms with van der Waals surface area (Å²) in [6.45, 7) is 0. The Morgan fingerprint density at radius 2 is 2.21 bits per heavy atom. The van der Waals surface area contributed by atoms with Crippen LogP contribution in [0.1, 0.15) is 17.3 Å². The van der Waals surface area contributed by atoms with Crippen LogP contribution in [0.2, 0.25) is 0 Å². The second-order valence-electron chi connectivity index (χ2n) is 4.11. The first-order valence-corrected chi connectivity index (χ1v) is 6.56. The molecule has 1 aromatic carbocycles. The highest BCUT2D eigenvalue weighted by Gasteiger charge is 2.23. The number of halogens is 2. The van der Waals surface area contributed by atoms with Crippen molar-refractivity contribution in [2.75, 3.05) is 14.2 Å². The third-order valence-corrected chi connectivity index (χ3v) is 3.69. The highest BCUT2D eigenvalue weighted by molar-refractivity contribution is 9.10. The van der Waals surface area contributed by atoms with Gasteiger partial charge < -0.3 is 10.1 Å². The second-order valence-corrected chi connectivity index (χ2v) is 4.96. The van der Waals surface area contributed by atoms with Crippen molar-refractivity contribution in [3.05, 3.63) is 45.9 Å². The zero-order chi connectivity index (χ0) is 14.0. The summed E-state index contributed by atoms with van der Waals surface area (Å²) in [6.07, 6.45) is 1.66. The Morgan fingerprint density at radius 3 is 2.79 bits per heavy atom. The minimum Gasteiger partial charge on any atom is -0.493 e. The molecule has 0 aliphatic carbocycles. The van der Waals surface area contributed by atoms with Gasteiger partial charge in [-0.2, -0.15) is 5.10 Å². The molecular formula is C13H15BrFN3O. The Morgan fingerprint density at radius 1 is 1.47 bits per heavy atom. The predicted molar refractivity (Wildman–Crippen MR) is 74.8 cm³/mol. The van der Waals surface area contributed by atoms with E-state index >= 15 is 0 Å². The summed E-state index contributed by atoms with van der Waals surface area (Å²) in [6, 6.07) is 4.49. The molecule has 0 aliphatic heterocycles. The molecule has 2 aromatic rings. The number of nitrogens with zero attached hydrogens (tertiary/aromatic N) is 2. The van der Waals surface area contributed by atoms with E-state index in [4.69, 9.17) is 4.74 Å². The number of benzene rings is 1. The number of rotatable bonds is 4. The summed E-state index contributed by atoms with van der Waals surface area (Å²) >= 11 is 3.39. The second kappa shape index (κ2) is 5.71. The lowest BCUT2D eigenvalue weighted by Crippen LogP contribution is -2.21. The molecule has 0 amide bonds. The molecule has 0 radical (unpaired) electrons. The van der Waals surface area contributed by atoms with E-state index in [1.807, 2.05) is 14.1 Å². The molecule has 1 atom stereocenters. The van der Waals surface area contributed by atoms with E-state index in [0.29, 0.717) is 10.2 Å². The Labute approximate surface area is 119 Å². The molecule has 6 heteroatoms. The van der Waals surface area contributed by atoms with Crippen molar-refractivity contribution in [2.45, 2.75) is 6.04 Å². The van der Waals surface area contributed by atoms with Crippen molar-refractivity contribution in [2.24, 2.45) is 7.05 Å². The lowest BCUT2D eigenvalue weighted by molar-refractivity contribution is 0.402. The van der Waals surface area contributed by atoms with Crippen LogP contribution in [0.15, 0.2) is 28.9 Å². The summed E-state index contributed by atoms with van der Waals surface area (Å²) in [4.78, 5) is 0. The first-order chi connectivity index (χ1) is 9.08. The van der Waals surface area contributed by atoms with E-state index in [1.165, 1.54) is 12.1 Å². The van der Waals surface area contributed by atoms with E-state index in [2.05, 4.69) is 26.3 Å². The maximum atomic E-state index is 13.2. The van der Waals surface area contributed by atoms with Gasteiger partial charge in [-0.1, -0.05) is 22.0 Å². The van der Waals surface area contributed by atoms with Gasteiger partial charge in [0.25, 0.3) is 0 Å². The number of aromatic nitrogens is 2. The van der Waals surface area contributed by atoms with Gasteiger partial charge in [0.15, 0.2) is 5.75 Å². The molecule has 1 heterocycles. The van der Waals surface area contributed by atoms with Gasteiger partial charge in [0, 0.05) is 11.5 Å². The fraction of sp³-hybridized carbons (Fsp3) is 0.308. The number of aryl methyl sites for hydroxylation is 1. The van der Waals surface area contributed by atoms with Gasteiger partial charge >= 0.3 is 0 Å². The first-order valence-electron chi connectivity index (χ1n) is 5.76. The van der Waals surface area contributed by atoms with E-state index in [-0.39, 0.29) is 11.9 Å². The number of methoxy groups -OCH3 is 1. The van der Waals surface area contributed by atoms with Crippen LogP contribution in [0.25, 0.3) is 0 Å². The molecule has 0 saturated heterocycles.